The fourth-order valence-electron chi connectivity index (χ4n) is 1.82. The third-order valence-electron chi connectivity index (χ3n) is 2.90. The number of hydrogen-bond donors (Lipinski definition) is 2. The van der Waals surface area contributed by atoms with Crippen LogP contribution >= 0.6 is 22.6 Å². The molecule has 0 unspecified atom stereocenters. The molecule has 23 heavy (non-hydrogen) atoms. The Balaban J connectivity index is 2.21. The van der Waals surface area contributed by atoms with Gasteiger partial charge in [0.15, 0.2) is 6.61 Å². The SMILES string of the molecule is Cc1cc(S(=O)(=O)Nc2ccc(I)cc2)ccc1OCC(=O)O. The van der Waals surface area contributed by atoms with Gasteiger partial charge in [0.1, 0.15) is 5.75 Å². The molecule has 0 amide bonds. The summed E-state index contributed by atoms with van der Waals surface area (Å²) in [5.41, 5.74) is 1.01. The smallest absolute Gasteiger partial charge is 0.341 e. The maximum Gasteiger partial charge on any atom is 0.341 e. The minimum Gasteiger partial charge on any atom is -0.482 e. The van der Waals surface area contributed by atoms with E-state index in [1.165, 1.54) is 18.2 Å². The highest BCUT2D eigenvalue weighted by molar-refractivity contribution is 14.1. The Hall–Kier alpha value is -1.81. The topological polar surface area (TPSA) is 92.7 Å². The van der Waals surface area contributed by atoms with Gasteiger partial charge < -0.3 is 9.84 Å². The molecule has 2 rings (SSSR count). The van der Waals surface area contributed by atoms with E-state index in [4.69, 9.17) is 9.84 Å². The number of aliphatic carboxylic acids is 1. The lowest BCUT2D eigenvalue weighted by molar-refractivity contribution is -0.139. The van der Waals surface area contributed by atoms with Crippen LogP contribution in [0.25, 0.3) is 0 Å². The summed E-state index contributed by atoms with van der Waals surface area (Å²) < 4.78 is 33.3. The molecule has 2 aromatic rings. The summed E-state index contributed by atoms with van der Waals surface area (Å²) in [5, 5.41) is 8.60. The third-order valence-corrected chi connectivity index (χ3v) is 5.00. The van der Waals surface area contributed by atoms with Crippen LogP contribution < -0.4 is 9.46 Å². The Morgan fingerprint density at radius 2 is 1.87 bits per heavy atom. The average molecular weight is 447 g/mol. The zero-order valence-electron chi connectivity index (χ0n) is 12.1. The molecular weight excluding hydrogens is 433 g/mol. The van der Waals surface area contributed by atoms with Crippen LogP contribution in [-0.2, 0) is 14.8 Å². The monoisotopic (exact) mass is 447 g/mol. The van der Waals surface area contributed by atoms with E-state index >= 15 is 0 Å². The van der Waals surface area contributed by atoms with Crippen LogP contribution in [0.5, 0.6) is 5.75 Å². The van der Waals surface area contributed by atoms with Crippen molar-refractivity contribution in [3.63, 3.8) is 0 Å². The number of halogens is 1. The Bertz CT molecular complexity index is 818. The molecule has 0 fully saturated rings. The van der Waals surface area contributed by atoms with Crippen molar-refractivity contribution in [3.8, 4) is 5.75 Å². The second-order valence-corrected chi connectivity index (χ2v) is 7.65. The van der Waals surface area contributed by atoms with Crippen molar-refractivity contribution >= 4 is 44.3 Å². The zero-order valence-corrected chi connectivity index (χ0v) is 15.1. The molecular formula is C15H14INO5S. The standard InChI is InChI=1S/C15H14INO5S/c1-10-8-13(6-7-14(10)22-9-15(18)19)23(20,21)17-12-4-2-11(16)3-5-12/h2-8,17H,9H2,1H3,(H,18,19). The van der Waals surface area contributed by atoms with E-state index < -0.39 is 22.6 Å². The minimum atomic E-state index is -3.72. The fraction of sp³-hybridized carbons (Fsp3) is 0.133. The number of anilines is 1. The van der Waals surface area contributed by atoms with Crippen LogP contribution in [0.2, 0.25) is 0 Å². The highest BCUT2D eigenvalue weighted by Gasteiger charge is 2.16. The minimum absolute atomic E-state index is 0.0798. The molecule has 0 radical (unpaired) electrons. The summed E-state index contributed by atoms with van der Waals surface area (Å²) in [4.78, 5) is 10.6. The predicted molar refractivity (Wildman–Crippen MR) is 94.3 cm³/mol. The summed E-state index contributed by atoms with van der Waals surface area (Å²) >= 11 is 2.13. The summed E-state index contributed by atoms with van der Waals surface area (Å²) in [7, 11) is -3.72. The van der Waals surface area contributed by atoms with Crippen LogP contribution in [0.1, 0.15) is 5.56 Å². The number of rotatable bonds is 6. The quantitative estimate of drug-likeness (QED) is 0.665. The van der Waals surface area contributed by atoms with E-state index in [9.17, 15) is 13.2 Å². The summed E-state index contributed by atoms with van der Waals surface area (Å²) in [6.45, 7) is 1.18. The van der Waals surface area contributed by atoms with Gasteiger partial charge in [-0.2, -0.15) is 0 Å². The Labute approximate surface area is 147 Å². The van der Waals surface area contributed by atoms with E-state index in [2.05, 4.69) is 27.3 Å². The molecule has 0 aliphatic carbocycles. The van der Waals surface area contributed by atoms with E-state index in [1.54, 1.807) is 31.2 Å². The molecule has 0 bridgehead atoms. The van der Waals surface area contributed by atoms with Crippen LogP contribution in [0.3, 0.4) is 0 Å². The fourth-order valence-corrected chi connectivity index (χ4v) is 3.33. The number of aryl methyl sites for hydroxylation is 1. The second kappa shape index (κ2) is 7.18. The molecule has 0 aliphatic heterocycles. The zero-order chi connectivity index (χ0) is 17.0. The van der Waals surface area contributed by atoms with E-state index in [-0.39, 0.29) is 4.90 Å². The predicted octanol–water partition coefficient (Wildman–Crippen LogP) is 2.86. The first kappa shape index (κ1) is 17.5. The summed E-state index contributed by atoms with van der Waals surface area (Å²) in [6.07, 6.45) is 0. The maximum absolute atomic E-state index is 12.4. The van der Waals surface area contributed by atoms with Gasteiger partial charge in [-0.15, -0.1) is 0 Å². The van der Waals surface area contributed by atoms with Crippen LogP contribution in [-0.4, -0.2) is 26.1 Å². The molecule has 2 aromatic carbocycles. The van der Waals surface area contributed by atoms with Gasteiger partial charge in [-0.05, 0) is 77.5 Å². The molecule has 0 aliphatic rings. The molecule has 0 saturated carbocycles. The largest absolute Gasteiger partial charge is 0.482 e. The Morgan fingerprint density at radius 3 is 2.43 bits per heavy atom. The van der Waals surface area contributed by atoms with Crippen molar-refractivity contribution in [2.24, 2.45) is 0 Å². The lowest BCUT2D eigenvalue weighted by Crippen LogP contribution is -2.14. The number of hydrogen-bond acceptors (Lipinski definition) is 4. The van der Waals surface area contributed by atoms with Crippen molar-refractivity contribution < 1.29 is 23.1 Å². The first-order valence-electron chi connectivity index (χ1n) is 6.51. The highest BCUT2D eigenvalue weighted by Crippen LogP contribution is 2.23. The molecule has 0 heterocycles. The number of sulfonamides is 1. The van der Waals surface area contributed by atoms with Crippen LogP contribution in [0.4, 0.5) is 5.69 Å². The maximum atomic E-state index is 12.4. The van der Waals surface area contributed by atoms with Crippen molar-refractivity contribution in [2.75, 3.05) is 11.3 Å². The van der Waals surface area contributed by atoms with Gasteiger partial charge in [0, 0.05) is 9.26 Å². The summed E-state index contributed by atoms with van der Waals surface area (Å²) in [5.74, 6) is -0.762. The Morgan fingerprint density at radius 1 is 1.22 bits per heavy atom. The number of carbonyl (C=O) groups is 1. The normalized spacial score (nSPS) is 11.0. The van der Waals surface area contributed by atoms with Gasteiger partial charge in [0.2, 0.25) is 0 Å². The lowest BCUT2D eigenvalue weighted by Gasteiger charge is -2.11. The third kappa shape index (κ3) is 4.83. The molecule has 0 atom stereocenters. The first-order valence-corrected chi connectivity index (χ1v) is 9.08. The number of carboxylic acids is 1. The van der Waals surface area contributed by atoms with Gasteiger partial charge in [0.05, 0.1) is 4.90 Å². The van der Waals surface area contributed by atoms with Gasteiger partial charge in [-0.1, -0.05) is 0 Å². The molecule has 0 spiro atoms. The molecule has 2 N–H and O–H groups in total. The van der Waals surface area contributed by atoms with Crippen molar-refractivity contribution in [1.29, 1.82) is 0 Å². The van der Waals surface area contributed by atoms with Gasteiger partial charge in [-0.3, -0.25) is 4.72 Å². The molecule has 6 nitrogen and oxygen atoms in total. The number of carboxylic acid groups (broad SMARTS) is 1. The molecule has 0 saturated heterocycles. The van der Waals surface area contributed by atoms with Gasteiger partial charge in [-0.25, -0.2) is 13.2 Å². The second-order valence-electron chi connectivity index (χ2n) is 4.72. The molecule has 122 valence electrons. The average Bonchev–Trinajstić information content (AvgIpc) is 2.48. The molecule has 0 aromatic heterocycles. The van der Waals surface area contributed by atoms with E-state index in [0.29, 0.717) is 17.0 Å². The van der Waals surface area contributed by atoms with Gasteiger partial charge >= 0.3 is 5.97 Å². The number of nitrogens with one attached hydrogen (secondary N) is 1. The summed E-state index contributed by atoms with van der Waals surface area (Å²) in [6, 6.07) is 11.2. The lowest BCUT2D eigenvalue weighted by atomic mass is 10.2. The van der Waals surface area contributed by atoms with Crippen molar-refractivity contribution in [2.45, 2.75) is 11.8 Å². The highest BCUT2D eigenvalue weighted by atomic mass is 127. The van der Waals surface area contributed by atoms with Crippen molar-refractivity contribution in [1.82, 2.24) is 0 Å². The first-order chi connectivity index (χ1) is 10.8. The number of ether oxygens (including phenoxy) is 1. The number of benzene rings is 2. The van der Waals surface area contributed by atoms with Crippen LogP contribution in [0, 0.1) is 10.5 Å². The van der Waals surface area contributed by atoms with E-state index in [0.717, 1.165) is 3.57 Å². The Kier molecular flexibility index (Phi) is 5.47. The van der Waals surface area contributed by atoms with Gasteiger partial charge in [0.25, 0.3) is 10.0 Å². The molecule has 8 heteroatoms. The van der Waals surface area contributed by atoms with Crippen molar-refractivity contribution in [3.05, 3.63) is 51.6 Å². The van der Waals surface area contributed by atoms with Crippen LogP contribution in [0.15, 0.2) is 47.4 Å². The van der Waals surface area contributed by atoms with E-state index in [1.807, 2.05) is 0 Å².